The van der Waals surface area contributed by atoms with Crippen LogP contribution in [-0.4, -0.2) is 75.5 Å². The molecule has 1 unspecified atom stereocenters. The van der Waals surface area contributed by atoms with Crippen molar-refractivity contribution >= 4 is 22.8 Å². The quantitative estimate of drug-likeness (QED) is 0.785. The number of para-hydroxylation sites is 1. The molecule has 0 N–H and O–H groups in total. The molecule has 0 radical (unpaired) electrons. The number of ether oxygens (including phenoxy) is 1. The van der Waals surface area contributed by atoms with Crippen molar-refractivity contribution in [2.24, 2.45) is 0 Å². The van der Waals surface area contributed by atoms with E-state index in [1.165, 1.54) is 0 Å². The molecule has 144 valence electrons. The summed E-state index contributed by atoms with van der Waals surface area (Å²) in [5.74, 6) is 0.167. The van der Waals surface area contributed by atoms with Crippen LogP contribution in [0.4, 0.5) is 0 Å². The monoisotopic (exact) mass is 371 g/mol. The molecule has 0 saturated carbocycles. The van der Waals surface area contributed by atoms with Crippen LogP contribution in [0.15, 0.2) is 24.3 Å². The van der Waals surface area contributed by atoms with E-state index in [2.05, 4.69) is 10.3 Å². The van der Waals surface area contributed by atoms with E-state index < -0.39 is 0 Å². The van der Waals surface area contributed by atoms with Gasteiger partial charge in [0.2, 0.25) is 11.8 Å². The van der Waals surface area contributed by atoms with E-state index in [9.17, 15) is 9.59 Å². The molecule has 3 heterocycles. The second-order valence-electron chi connectivity index (χ2n) is 7.16. The van der Waals surface area contributed by atoms with E-state index in [0.29, 0.717) is 39.1 Å². The molecular formula is C19H25N5O3. The normalized spacial score (nSPS) is 20.4. The third-order valence-electron chi connectivity index (χ3n) is 5.37. The smallest absolute Gasteiger partial charge is 0.224 e. The Hall–Kier alpha value is -2.48. The number of fused-ring (bicyclic) bond motifs is 1. The van der Waals surface area contributed by atoms with E-state index in [1.54, 1.807) is 4.68 Å². The van der Waals surface area contributed by atoms with Gasteiger partial charge in [-0.3, -0.25) is 9.59 Å². The fraction of sp³-hybridized carbons (Fsp3) is 0.579. The minimum Gasteiger partial charge on any atom is -0.377 e. The van der Waals surface area contributed by atoms with Gasteiger partial charge in [-0.15, -0.1) is 5.10 Å². The van der Waals surface area contributed by atoms with Gasteiger partial charge in [0, 0.05) is 32.5 Å². The number of likely N-dealkylation sites (tertiary alicyclic amines) is 1. The van der Waals surface area contributed by atoms with E-state index in [4.69, 9.17) is 4.74 Å². The SMILES string of the molecule is O=C(CC1COCCN1C(=O)CCn1nnc2ccccc21)N1CCCC1. The van der Waals surface area contributed by atoms with E-state index in [1.807, 2.05) is 34.1 Å². The minimum atomic E-state index is -0.174. The van der Waals surface area contributed by atoms with Crippen LogP contribution in [-0.2, 0) is 20.9 Å². The number of aryl methyl sites for hydroxylation is 1. The Balaban J connectivity index is 1.37. The average molecular weight is 371 g/mol. The summed E-state index contributed by atoms with van der Waals surface area (Å²) in [5, 5.41) is 8.27. The highest BCUT2D eigenvalue weighted by atomic mass is 16.5. The Morgan fingerprint density at radius 1 is 1.11 bits per heavy atom. The largest absolute Gasteiger partial charge is 0.377 e. The van der Waals surface area contributed by atoms with Gasteiger partial charge in [0.05, 0.1) is 31.3 Å². The van der Waals surface area contributed by atoms with Crippen molar-refractivity contribution in [3.05, 3.63) is 24.3 Å². The van der Waals surface area contributed by atoms with Crippen molar-refractivity contribution in [1.29, 1.82) is 0 Å². The van der Waals surface area contributed by atoms with Crippen molar-refractivity contribution in [2.75, 3.05) is 32.8 Å². The van der Waals surface area contributed by atoms with Crippen molar-refractivity contribution in [3.8, 4) is 0 Å². The molecule has 8 nitrogen and oxygen atoms in total. The standard InChI is InChI=1S/C19H25N5O3/c25-18(7-10-24-17-6-2-1-5-16(17)20-21-24)23-11-12-27-14-15(23)13-19(26)22-8-3-4-9-22/h1-2,5-6,15H,3-4,7-14H2. The predicted molar refractivity (Wildman–Crippen MR) is 98.9 cm³/mol. The maximum atomic E-state index is 12.8. The molecular weight excluding hydrogens is 346 g/mol. The number of hydrogen-bond donors (Lipinski definition) is 0. The zero-order chi connectivity index (χ0) is 18.6. The van der Waals surface area contributed by atoms with E-state index in [-0.39, 0.29) is 17.9 Å². The number of benzene rings is 1. The van der Waals surface area contributed by atoms with Gasteiger partial charge >= 0.3 is 0 Å². The van der Waals surface area contributed by atoms with Crippen LogP contribution >= 0.6 is 0 Å². The minimum absolute atomic E-state index is 0.0390. The molecule has 2 aliphatic heterocycles. The van der Waals surface area contributed by atoms with Gasteiger partial charge in [0.25, 0.3) is 0 Å². The van der Waals surface area contributed by atoms with Crippen molar-refractivity contribution in [3.63, 3.8) is 0 Å². The second kappa shape index (κ2) is 8.04. The highest BCUT2D eigenvalue weighted by molar-refractivity contribution is 5.80. The summed E-state index contributed by atoms with van der Waals surface area (Å²) in [5.41, 5.74) is 1.75. The first kappa shape index (κ1) is 17.9. The number of amides is 2. The molecule has 0 spiro atoms. The summed E-state index contributed by atoms with van der Waals surface area (Å²) in [6.45, 7) is 3.63. The molecule has 2 aromatic rings. The molecule has 2 aliphatic rings. The van der Waals surface area contributed by atoms with Crippen LogP contribution in [0.25, 0.3) is 11.0 Å². The first-order chi connectivity index (χ1) is 13.2. The Kier molecular flexibility index (Phi) is 5.33. The van der Waals surface area contributed by atoms with Crippen LogP contribution in [0.5, 0.6) is 0 Å². The van der Waals surface area contributed by atoms with Gasteiger partial charge in [0.15, 0.2) is 0 Å². The summed E-state index contributed by atoms with van der Waals surface area (Å²) < 4.78 is 7.30. The van der Waals surface area contributed by atoms with Gasteiger partial charge in [-0.05, 0) is 25.0 Å². The first-order valence-electron chi connectivity index (χ1n) is 9.65. The van der Waals surface area contributed by atoms with Crippen molar-refractivity contribution in [1.82, 2.24) is 24.8 Å². The molecule has 4 rings (SSSR count). The Bertz CT molecular complexity index is 815. The zero-order valence-corrected chi connectivity index (χ0v) is 15.4. The van der Waals surface area contributed by atoms with Gasteiger partial charge in [-0.25, -0.2) is 4.68 Å². The first-order valence-corrected chi connectivity index (χ1v) is 9.65. The molecule has 1 aromatic heterocycles. The number of rotatable bonds is 5. The summed E-state index contributed by atoms with van der Waals surface area (Å²) in [4.78, 5) is 29.0. The number of carbonyl (C=O) groups is 2. The summed E-state index contributed by atoms with van der Waals surface area (Å²) in [6, 6.07) is 7.54. The third-order valence-corrected chi connectivity index (χ3v) is 5.37. The number of nitrogens with zero attached hydrogens (tertiary/aromatic N) is 5. The third kappa shape index (κ3) is 3.95. The van der Waals surface area contributed by atoms with Gasteiger partial charge in [-0.2, -0.15) is 0 Å². The lowest BCUT2D eigenvalue weighted by Gasteiger charge is -2.36. The topological polar surface area (TPSA) is 80.6 Å². The molecule has 0 bridgehead atoms. The number of aromatic nitrogens is 3. The second-order valence-corrected chi connectivity index (χ2v) is 7.16. The van der Waals surface area contributed by atoms with Crippen LogP contribution in [0, 0.1) is 0 Å². The fourth-order valence-electron chi connectivity index (χ4n) is 3.88. The fourth-order valence-corrected chi connectivity index (χ4v) is 3.88. The number of morpholine rings is 1. The lowest BCUT2D eigenvalue weighted by atomic mass is 10.1. The number of hydrogen-bond acceptors (Lipinski definition) is 5. The highest BCUT2D eigenvalue weighted by Gasteiger charge is 2.31. The molecule has 27 heavy (non-hydrogen) atoms. The Labute approximate surface area is 158 Å². The van der Waals surface area contributed by atoms with E-state index in [0.717, 1.165) is 37.0 Å². The molecule has 1 aromatic carbocycles. The maximum Gasteiger partial charge on any atom is 0.224 e. The molecule has 2 saturated heterocycles. The molecule has 8 heteroatoms. The summed E-state index contributed by atoms with van der Waals surface area (Å²) in [7, 11) is 0. The zero-order valence-electron chi connectivity index (χ0n) is 15.4. The molecule has 2 amide bonds. The molecule has 1 atom stereocenters. The lowest BCUT2D eigenvalue weighted by molar-refractivity contribution is -0.143. The van der Waals surface area contributed by atoms with Crippen molar-refractivity contribution < 1.29 is 14.3 Å². The van der Waals surface area contributed by atoms with E-state index >= 15 is 0 Å². The van der Waals surface area contributed by atoms with Gasteiger partial charge in [-0.1, -0.05) is 17.3 Å². The van der Waals surface area contributed by atoms with Crippen molar-refractivity contribution in [2.45, 2.75) is 38.3 Å². The lowest BCUT2D eigenvalue weighted by Crippen LogP contribution is -2.50. The Morgan fingerprint density at radius 2 is 1.93 bits per heavy atom. The predicted octanol–water partition coefficient (Wildman–Crippen LogP) is 1.06. The number of carbonyl (C=O) groups excluding carboxylic acids is 2. The van der Waals surface area contributed by atoms with Crippen LogP contribution in [0.2, 0.25) is 0 Å². The Morgan fingerprint density at radius 3 is 2.78 bits per heavy atom. The summed E-state index contributed by atoms with van der Waals surface area (Å²) in [6.07, 6.45) is 2.82. The molecule has 0 aliphatic carbocycles. The maximum absolute atomic E-state index is 12.8. The average Bonchev–Trinajstić information content (AvgIpc) is 3.37. The highest BCUT2D eigenvalue weighted by Crippen LogP contribution is 2.17. The van der Waals surface area contributed by atoms with Crippen LogP contribution in [0.1, 0.15) is 25.7 Å². The molecule has 2 fully saturated rings. The summed E-state index contributed by atoms with van der Waals surface area (Å²) >= 11 is 0. The van der Waals surface area contributed by atoms with Gasteiger partial charge in [0.1, 0.15) is 5.52 Å². The van der Waals surface area contributed by atoms with Crippen LogP contribution < -0.4 is 0 Å². The van der Waals surface area contributed by atoms with Crippen LogP contribution in [0.3, 0.4) is 0 Å². The van der Waals surface area contributed by atoms with Gasteiger partial charge < -0.3 is 14.5 Å².